The standard InChI is InChI=1S/C28H29FIN5O4/c1-35-12-9-18(10-13-35)28(38)34-25-15-23(8-11-31-25)39-22-6-7-24(19(14-22)17-30)33-27(37)16-26(36)32-21-4-2-20(29)3-5-21/h2-8,11,14-15,18H,9-10,12-13,16-17H2,1H3,(H,32,36)(H,33,37)(H,31,34,38). The number of rotatable bonds is 9. The van der Waals surface area contributed by atoms with E-state index >= 15 is 0 Å². The van der Waals surface area contributed by atoms with Crippen molar-refractivity contribution in [1.29, 1.82) is 0 Å². The summed E-state index contributed by atoms with van der Waals surface area (Å²) in [6.45, 7) is 1.79. The molecule has 0 spiro atoms. The van der Waals surface area contributed by atoms with E-state index < -0.39 is 17.6 Å². The maximum absolute atomic E-state index is 13.0. The van der Waals surface area contributed by atoms with Crippen LogP contribution in [-0.2, 0) is 18.8 Å². The lowest BCUT2D eigenvalue weighted by atomic mass is 9.96. The summed E-state index contributed by atoms with van der Waals surface area (Å²) in [7, 11) is 2.05. The first-order chi connectivity index (χ1) is 18.8. The van der Waals surface area contributed by atoms with Crippen molar-refractivity contribution in [3.8, 4) is 11.5 Å². The maximum Gasteiger partial charge on any atom is 0.233 e. The summed E-state index contributed by atoms with van der Waals surface area (Å²) in [6.07, 6.45) is 2.82. The molecular formula is C28H29FIN5O4. The van der Waals surface area contributed by atoms with Crippen molar-refractivity contribution in [2.45, 2.75) is 23.7 Å². The monoisotopic (exact) mass is 645 g/mol. The van der Waals surface area contributed by atoms with E-state index in [2.05, 4.69) is 55.5 Å². The Bertz CT molecular complexity index is 1330. The first kappa shape index (κ1) is 28.4. The van der Waals surface area contributed by atoms with Gasteiger partial charge in [0.25, 0.3) is 0 Å². The van der Waals surface area contributed by atoms with Crippen molar-refractivity contribution in [2.24, 2.45) is 5.92 Å². The number of nitrogens with one attached hydrogen (secondary N) is 3. The molecule has 2 aromatic carbocycles. The number of ether oxygens (including phenoxy) is 1. The van der Waals surface area contributed by atoms with Gasteiger partial charge in [0.15, 0.2) is 0 Å². The zero-order chi connectivity index (χ0) is 27.8. The molecule has 3 aromatic rings. The van der Waals surface area contributed by atoms with Gasteiger partial charge in [-0.15, -0.1) is 0 Å². The number of piperidine rings is 1. The largest absolute Gasteiger partial charge is 0.457 e. The second kappa shape index (κ2) is 13.5. The molecule has 1 aliphatic heterocycles. The predicted molar refractivity (Wildman–Crippen MR) is 156 cm³/mol. The van der Waals surface area contributed by atoms with Crippen molar-refractivity contribution in [1.82, 2.24) is 9.88 Å². The van der Waals surface area contributed by atoms with Crippen LogP contribution in [0.1, 0.15) is 24.8 Å². The van der Waals surface area contributed by atoms with E-state index in [0.29, 0.717) is 33.1 Å². The van der Waals surface area contributed by atoms with Crippen LogP contribution in [0.15, 0.2) is 60.8 Å². The summed E-state index contributed by atoms with van der Waals surface area (Å²) in [6, 6.07) is 13.9. The lowest BCUT2D eigenvalue weighted by Crippen LogP contribution is -2.36. The molecule has 204 valence electrons. The Morgan fingerprint density at radius 2 is 1.67 bits per heavy atom. The molecular weight excluding hydrogens is 616 g/mol. The van der Waals surface area contributed by atoms with Gasteiger partial charge in [-0.1, -0.05) is 22.6 Å². The van der Waals surface area contributed by atoms with Crippen molar-refractivity contribution in [2.75, 3.05) is 36.1 Å². The van der Waals surface area contributed by atoms with Gasteiger partial charge in [-0.3, -0.25) is 14.4 Å². The Kier molecular flexibility index (Phi) is 9.82. The lowest BCUT2D eigenvalue weighted by Gasteiger charge is -2.27. The fourth-order valence-corrected chi connectivity index (χ4v) is 4.75. The molecule has 3 amide bonds. The summed E-state index contributed by atoms with van der Waals surface area (Å²) < 4.78 is 19.6. The summed E-state index contributed by atoms with van der Waals surface area (Å²) >= 11 is 2.18. The molecule has 0 bridgehead atoms. The second-order valence-electron chi connectivity index (χ2n) is 9.28. The molecule has 2 heterocycles. The molecule has 4 rings (SSSR count). The van der Waals surface area contributed by atoms with E-state index in [1.807, 2.05) is 0 Å². The smallest absolute Gasteiger partial charge is 0.233 e. The van der Waals surface area contributed by atoms with Crippen LogP contribution in [0, 0.1) is 11.7 Å². The third-order valence-corrected chi connectivity index (χ3v) is 7.07. The van der Waals surface area contributed by atoms with Crippen molar-refractivity contribution in [3.05, 3.63) is 72.2 Å². The number of likely N-dealkylation sites (tertiary alicyclic amines) is 1. The van der Waals surface area contributed by atoms with Crippen LogP contribution < -0.4 is 20.7 Å². The molecule has 11 heteroatoms. The minimum Gasteiger partial charge on any atom is -0.457 e. The number of carbonyl (C=O) groups is 3. The number of hydrogen-bond acceptors (Lipinski definition) is 6. The maximum atomic E-state index is 13.0. The van der Waals surface area contributed by atoms with E-state index in [0.717, 1.165) is 31.5 Å². The van der Waals surface area contributed by atoms with Crippen LogP contribution >= 0.6 is 22.6 Å². The number of anilines is 3. The molecule has 0 unspecified atom stereocenters. The molecule has 1 fully saturated rings. The summed E-state index contributed by atoms with van der Waals surface area (Å²) in [5, 5.41) is 8.22. The molecule has 0 aliphatic carbocycles. The van der Waals surface area contributed by atoms with Gasteiger partial charge in [-0.2, -0.15) is 0 Å². The summed E-state index contributed by atoms with van der Waals surface area (Å²) in [5.41, 5.74) is 1.78. The molecule has 0 radical (unpaired) electrons. The highest BCUT2D eigenvalue weighted by molar-refractivity contribution is 14.1. The number of aromatic nitrogens is 1. The SMILES string of the molecule is CN1CCC(C(=O)Nc2cc(Oc3ccc(NC(=O)CC(=O)Nc4ccc(F)cc4)c(CI)c3)ccn2)CC1. The molecule has 9 nitrogen and oxygen atoms in total. The van der Waals surface area contributed by atoms with E-state index in [1.54, 1.807) is 36.5 Å². The predicted octanol–water partition coefficient (Wildman–Crippen LogP) is 5.20. The highest BCUT2D eigenvalue weighted by Gasteiger charge is 2.23. The highest BCUT2D eigenvalue weighted by Crippen LogP contribution is 2.29. The Balaban J connectivity index is 1.33. The topological polar surface area (TPSA) is 113 Å². The molecule has 0 atom stereocenters. The average Bonchev–Trinajstić information content (AvgIpc) is 2.91. The molecule has 3 N–H and O–H groups in total. The molecule has 39 heavy (non-hydrogen) atoms. The van der Waals surface area contributed by atoms with Crippen LogP contribution in [0.4, 0.5) is 21.6 Å². The number of pyridine rings is 1. The normalized spacial score (nSPS) is 13.9. The van der Waals surface area contributed by atoms with Crippen molar-refractivity contribution in [3.63, 3.8) is 0 Å². The first-order valence-corrected chi connectivity index (χ1v) is 14.0. The number of hydrogen-bond donors (Lipinski definition) is 3. The van der Waals surface area contributed by atoms with Gasteiger partial charge in [0.05, 0.1) is 0 Å². The van der Waals surface area contributed by atoms with Gasteiger partial charge in [-0.25, -0.2) is 9.37 Å². The number of benzene rings is 2. The van der Waals surface area contributed by atoms with Gasteiger partial charge >= 0.3 is 0 Å². The van der Waals surface area contributed by atoms with Gasteiger partial charge in [-0.05, 0) is 87.1 Å². The molecule has 1 aromatic heterocycles. The number of halogens is 2. The van der Waals surface area contributed by atoms with Gasteiger partial charge < -0.3 is 25.6 Å². The minimum absolute atomic E-state index is 0.0319. The minimum atomic E-state index is -0.508. The Morgan fingerprint density at radius 3 is 2.38 bits per heavy atom. The van der Waals surface area contributed by atoms with Crippen LogP contribution in [-0.4, -0.2) is 47.7 Å². The van der Waals surface area contributed by atoms with Crippen LogP contribution in [0.25, 0.3) is 0 Å². The summed E-state index contributed by atoms with van der Waals surface area (Å²) in [4.78, 5) is 43.7. The quantitative estimate of drug-likeness (QED) is 0.168. The molecule has 1 aliphatic rings. The first-order valence-electron chi connectivity index (χ1n) is 12.5. The Labute approximate surface area is 239 Å². The fourth-order valence-electron chi connectivity index (χ4n) is 4.12. The second-order valence-corrected chi connectivity index (χ2v) is 10.0. The summed E-state index contributed by atoms with van der Waals surface area (Å²) in [5.74, 6) is 0.0174. The fraction of sp³-hybridized carbons (Fsp3) is 0.286. The average molecular weight is 645 g/mol. The zero-order valence-electron chi connectivity index (χ0n) is 21.4. The third-order valence-electron chi connectivity index (χ3n) is 6.25. The number of carbonyl (C=O) groups excluding carboxylic acids is 3. The van der Waals surface area contributed by atoms with Gasteiger partial charge in [0, 0.05) is 34.0 Å². The number of nitrogens with zero attached hydrogens (tertiary/aromatic N) is 2. The van der Waals surface area contributed by atoms with E-state index in [4.69, 9.17) is 4.74 Å². The van der Waals surface area contributed by atoms with Gasteiger partial charge in [0.2, 0.25) is 17.7 Å². The Hall–Kier alpha value is -3.58. The van der Waals surface area contributed by atoms with Crippen LogP contribution in [0.5, 0.6) is 11.5 Å². The highest BCUT2D eigenvalue weighted by atomic mass is 127. The van der Waals surface area contributed by atoms with E-state index in [1.165, 1.54) is 24.3 Å². The van der Waals surface area contributed by atoms with E-state index in [-0.39, 0.29) is 18.2 Å². The number of amides is 3. The molecule has 1 saturated heterocycles. The molecule has 0 saturated carbocycles. The Morgan fingerprint density at radius 1 is 0.974 bits per heavy atom. The lowest BCUT2D eigenvalue weighted by molar-refractivity contribution is -0.124. The zero-order valence-corrected chi connectivity index (χ0v) is 23.5. The number of alkyl halides is 1. The van der Waals surface area contributed by atoms with Crippen molar-refractivity contribution < 1.29 is 23.5 Å². The van der Waals surface area contributed by atoms with Crippen LogP contribution in [0.3, 0.4) is 0 Å². The third kappa shape index (κ3) is 8.45. The van der Waals surface area contributed by atoms with Crippen LogP contribution in [0.2, 0.25) is 0 Å². The van der Waals surface area contributed by atoms with E-state index in [9.17, 15) is 18.8 Å². The van der Waals surface area contributed by atoms with Gasteiger partial charge in [0.1, 0.15) is 29.6 Å². The van der Waals surface area contributed by atoms with Crippen molar-refractivity contribution >= 4 is 57.5 Å².